The first-order valence-corrected chi connectivity index (χ1v) is 8.34. The molecule has 3 rings (SSSR count). The number of methoxy groups -OCH3 is 1. The Bertz CT molecular complexity index is 929. The predicted molar refractivity (Wildman–Crippen MR) is 95.8 cm³/mol. The summed E-state index contributed by atoms with van der Waals surface area (Å²) in [7, 11) is 1.40. The van der Waals surface area contributed by atoms with E-state index in [1.54, 1.807) is 12.1 Å². The van der Waals surface area contributed by atoms with Crippen LogP contribution in [0.3, 0.4) is 0 Å². The topological polar surface area (TPSA) is 78.9 Å². The highest BCUT2D eigenvalue weighted by Crippen LogP contribution is 2.36. The first-order chi connectivity index (χ1) is 12.4. The van der Waals surface area contributed by atoms with Gasteiger partial charge in [-0.1, -0.05) is 18.2 Å². The minimum Gasteiger partial charge on any atom is -0.503 e. The number of benzene rings is 2. The van der Waals surface area contributed by atoms with E-state index in [0.29, 0.717) is 10.0 Å². The van der Waals surface area contributed by atoms with Crippen LogP contribution in [0.5, 0.6) is 11.5 Å². The summed E-state index contributed by atoms with van der Waals surface area (Å²) >= 11 is 3.19. The van der Waals surface area contributed by atoms with Gasteiger partial charge in [0.2, 0.25) is 0 Å². The van der Waals surface area contributed by atoms with Gasteiger partial charge >= 0.3 is 6.03 Å². The summed E-state index contributed by atoms with van der Waals surface area (Å²) in [5, 5.41) is 12.3. The smallest absolute Gasteiger partial charge is 0.329 e. The van der Waals surface area contributed by atoms with E-state index in [1.807, 2.05) is 0 Å². The van der Waals surface area contributed by atoms with Gasteiger partial charge in [-0.25, -0.2) is 9.18 Å². The van der Waals surface area contributed by atoms with Gasteiger partial charge in [0.05, 0.1) is 18.1 Å². The lowest BCUT2D eigenvalue weighted by Gasteiger charge is -2.12. The molecule has 2 aromatic rings. The number of rotatable bonds is 4. The summed E-state index contributed by atoms with van der Waals surface area (Å²) in [4.78, 5) is 25.5. The number of hydrogen-bond donors (Lipinski definition) is 2. The van der Waals surface area contributed by atoms with Gasteiger partial charge in [-0.2, -0.15) is 0 Å². The van der Waals surface area contributed by atoms with E-state index in [2.05, 4.69) is 21.2 Å². The van der Waals surface area contributed by atoms with Crippen LogP contribution in [0, 0.1) is 5.82 Å². The molecular weight excluding hydrogens is 407 g/mol. The Morgan fingerprint density at radius 1 is 1.31 bits per heavy atom. The van der Waals surface area contributed by atoms with E-state index in [4.69, 9.17) is 4.74 Å². The zero-order valence-electron chi connectivity index (χ0n) is 13.6. The lowest BCUT2D eigenvalue weighted by atomic mass is 10.1. The third-order valence-electron chi connectivity index (χ3n) is 3.83. The molecule has 0 aromatic heterocycles. The second-order valence-electron chi connectivity index (χ2n) is 5.52. The number of halogens is 2. The molecule has 0 saturated carbocycles. The maximum atomic E-state index is 13.8. The third kappa shape index (κ3) is 3.41. The Morgan fingerprint density at radius 3 is 2.73 bits per heavy atom. The fourth-order valence-corrected chi connectivity index (χ4v) is 2.97. The fraction of sp³-hybridized carbons (Fsp3) is 0.111. The van der Waals surface area contributed by atoms with Crippen molar-refractivity contribution in [3.63, 3.8) is 0 Å². The number of imide groups is 1. The van der Waals surface area contributed by atoms with Crippen molar-refractivity contribution >= 4 is 33.9 Å². The molecule has 0 radical (unpaired) electrons. The predicted octanol–water partition coefficient (Wildman–Crippen LogP) is 3.40. The van der Waals surface area contributed by atoms with Crippen LogP contribution in [0.1, 0.15) is 11.1 Å². The van der Waals surface area contributed by atoms with Gasteiger partial charge in [0.1, 0.15) is 11.5 Å². The van der Waals surface area contributed by atoms with Crippen LogP contribution >= 0.6 is 15.9 Å². The highest BCUT2D eigenvalue weighted by Gasteiger charge is 2.34. The molecule has 0 atom stereocenters. The van der Waals surface area contributed by atoms with Crippen LogP contribution in [-0.4, -0.2) is 29.1 Å². The number of phenols is 1. The summed E-state index contributed by atoms with van der Waals surface area (Å²) < 4.78 is 19.2. The zero-order valence-corrected chi connectivity index (χ0v) is 15.2. The average Bonchev–Trinajstić information content (AvgIpc) is 2.87. The lowest BCUT2D eigenvalue weighted by Crippen LogP contribution is -2.30. The molecule has 6 nitrogen and oxygen atoms in total. The summed E-state index contributed by atoms with van der Waals surface area (Å²) in [6.07, 6.45) is 1.45. The average molecular weight is 421 g/mol. The summed E-state index contributed by atoms with van der Waals surface area (Å²) in [6, 6.07) is 8.41. The minimum absolute atomic E-state index is 0.0472. The van der Waals surface area contributed by atoms with E-state index in [0.717, 1.165) is 4.90 Å². The molecule has 2 N–H and O–H groups in total. The van der Waals surface area contributed by atoms with Crippen molar-refractivity contribution in [2.24, 2.45) is 0 Å². The Labute approximate surface area is 157 Å². The maximum Gasteiger partial charge on any atom is 0.329 e. The van der Waals surface area contributed by atoms with Gasteiger partial charge in [0.15, 0.2) is 11.5 Å². The van der Waals surface area contributed by atoms with Crippen LogP contribution in [0.25, 0.3) is 6.08 Å². The van der Waals surface area contributed by atoms with Crippen LogP contribution in [0.15, 0.2) is 46.6 Å². The Morgan fingerprint density at radius 2 is 2.04 bits per heavy atom. The molecule has 26 heavy (non-hydrogen) atoms. The van der Waals surface area contributed by atoms with Crippen molar-refractivity contribution in [2.75, 3.05) is 7.11 Å². The molecular formula is C18H14BrFN2O4. The van der Waals surface area contributed by atoms with Crippen LogP contribution in [-0.2, 0) is 11.3 Å². The standard InChI is InChI=1S/C18H14BrFN2O4/c1-26-15-8-10(6-12(19)16(15)23)7-14-17(24)22(18(25)21-14)9-11-4-2-3-5-13(11)20/h2-8,23H,9H2,1H3,(H,21,25). The monoisotopic (exact) mass is 420 g/mol. The van der Waals surface area contributed by atoms with E-state index < -0.39 is 17.8 Å². The van der Waals surface area contributed by atoms with Crippen molar-refractivity contribution < 1.29 is 23.8 Å². The zero-order chi connectivity index (χ0) is 18.8. The summed E-state index contributed by atoms with van der Waals surface area (Å²) in [5.41, 5.74) is 0.820. The second kappa shape index (κ2) is 7.17. The molecule has 0 aliphatic carbocycles. The van der Waals surface area contributed by atoms with Crippen molar-refractivity contribution in [3.8, 4) is 11.5 Å². The van der Waals surface area contributed by atoms with Crippen LogP contribution in [0.4, 0.5) is 9.18 Å². The van der Waals surface area contributed by atoms with Crippen molar-refractivity contribution in [1.82, 2.24) is 10.2 Å². The highest BCUT2D eigenvalue weighted by molar-refractivity contribution is 9.10. The normalized spacial score (nSPS) is 15.5. The van der Waals surface area contributed by atoms with E-state index >= 15 is 0 Å². The van der Waals surface area contributed by atoms with Crippen LogP contribution in [0.2, 0.25) is 0 Å². The summed E-state index contributed by atoms with van der Waals surface area (Å²) in [6.45, 7) is -0.169. The minimum atomic E-state index is -0.630. The first-order valence-electron chi connectivity index (χ1n) is 7.55. The Hall–Kier alpha value is -2.87. The molecule has 8 heteroatoms. The Balaban J connectivity index is 1.88. The summed E-state index contributed by atoms with van der Waals surface area (Å²) in [5.74, 6) is -0.914. The molecule has 2 aromatic carbocycles. The number of hydrogen-bond acceptors (Lipinski definition) is 4. The number of nitrogens with one attached hydrogen (secondary N) is 1. The van der Waals surface area contributed by atoms with E-state index in [9.17, 15) is 19.1 Å². The first kappa shape index (κ1) is 17.9. The molecule has 134 valence electrons. The van der Waals surface area contributed by atoms with Gasteiger partial charge < -0.3 is 15.2 Å². The number of phenolic OH excluding ortho intramolecular Hbond substituents is 1. The van der Waals surface area contributed by atoms with Gasteiger partial charge in [-0.05, 0) is 45.8 Å². The van der Waals surface area contributed by atoms with E-state index in [1.165, 1.54) is 37.5 Å². The van der Waals surface area contributed by atoms with Crippen molar-refractivity contribution in [1.29, 1.82) is 0 Å². The molecule has 1 fully saturated rings. The van der Waals surface area contributed by atoms with E-state index in [-0.39, 0.29) is 29.3 Å². The lowest BCUT2D eigenvalue weighted by molar-refractivity contribution is -0.123. The number of amides is 3. The van der Waals surface area contributed by atoms with Gasteiger partial charge in [-0.3, -0.25) is 9.69 Å². The van der Waals surface area contributed by atoms with Gasteiger partial charge in [0, 0.05) is 5.56 Å². The van der Waals surface area contributed by atoms with Crippen molar-refractivity contribution in [3.05, 3.63) is 63.5 Å². The molecule has 0 spiro atoms. The quantitative estimate of drug-likeness (QED) is 0.586. The second-order valence-corrected chi connectivity index (χ2v) is 6.38. The van der Waals surface area contributed by atoms with Crippen LogP contribution < -0.4 is 10.1 Å². The molecule has 3 amide bonds. The third-order valence-corrected chi connectivity index (χ3v) is 4.43. The van der Waals surface area contributed by atoms with Crippen molar-refractivity contribution in [2.45, 2.75) is 6.54 Å². The molecule has 1 aliphatic rings. The molecule has 1 aliphatic heterocycles. The fourth-order valence-electron chi connectivity index (χ4n) is 2.51. The molecule has 1 heterocycles. The number of urea groups is 1. The largest absolute Gasteiger partial charge is 0.503 e. The number of carbonyl (C=O) groups is 2. The SMILES string of the molecule is COc1cc(C=C2NC(=O)N(Cc3ccccc3F)C2=O)cc(Br)c1O. The number of carbonyl (C=O) groups excluding carboxylic acids is 2. The number of ether oxygens (including phenoxy) is 1. The van der Waals surface area contributed by atoms with Gasteiger partial charge in [0.25, 0.3) is 5.91 Å². The maximum absolute atomic E-state index is 13.8. The molecule has 1 saturated heterocycles. The number of nitrogens with zero attached hydrogens (tertiary/aromatic N) is 1. The van der Waals surface area contributed by atoms with Gasteiger partial charge in [-0.15, -0.1) is 0 Å². The molecule has 0 bridgehead atoms. The Kier molecular flexibility index (Phi) is 4.94. The molecule has 0 unspecified atom stereocenters. The number of aromatic hydroxyl groups is 1. The highest BCUT2D eigenvalue weighted by atomic mass is 79.9.